The number of anilines is 1. The Labute approximate surface area is 200 Å². The molecule has 2 aromatic carbocycles. The number of nitrogens with zero attached hydrogens (tertiary/aromatic N) is 3. The van der Waals surface area contributed by atoms with Crippen molar-refractivity contribution in [3.05, 3.63) is 107 Å². The fraction of sp³-hybridized carbons (Fsp3) is 0.120. The van der Waals surface area contributed by atoms with E-state index in [4.69, 9.17) is 17.0 Å². The lowest BCUT2D eigenvalue weighted by Crippen LogP contribution is -2.30. The normalized spacial score (nSPS) is 17.9. The van der Waals surface area contributed by atoms with Crippen molar-refractivity contribution in [2.75, 3.05) is 12.0 Å². The van der Waals surface area contributed by atoms with Crippen LogP contribution in [-0.4, -0.2) is 21.8 Å². The average molecular weight is 505 g/mol. The zero-order valence-electron chi connectivity index (χ0n) is 17.4. The third-order valence-corrected chi connectivity index (χ3v) is 6.46. The molecule has 0 unspecified atom stereocenters. The number of halogens is 1. The lowest BCUT2D eigenvalue weighted by molar-refractivity contribution is 0.414. The maximum Gasteiger partial charge on any atom is 0.174 e. The molecule has 2 aromatic heterocycles. The van der Waals surface area contributed by atoms with Crippen molar-refractivity contribution in [1.29, 1.82) is 0 Å². The Balaban J connectivity index is 1.66. The van der Waals surface area contributed by atoms with Gasteiger partial charge in [-0.25, -0.2) is 0 Å². The lowest BCUT2D eigenvalue weighted by Gasteiger charge is -2.29. The van der Waals surface area contributed by atoms with Gasteiger partial charge < -0.3 is 19.5 Å². The van der Waals surface area contributed by atoms with Crippen LogP contribution in [0.4, 0.5) is 5.69 Å². The van der Waals surface area contributed by atoms with Gasteiger partial charge in [-0.3, -0.25) is 4.98 Å². The van der Waals surface area contributed by atoms with Crippen molar-refractivity contribution in [2.45, 2.75) is 12.1 Å². The first-order valence-electron chi connectivity index (χ1n) is 10.2. The number of hydrogen-bond donors (Lipinski definition) is 1. The Morgan fingerprint density at radius 3 is 2.56 bits per heavy atom. The molecule has 0 saturated carbocycles. The van der Waals surface area contributed by atoms with Crippen LogP contribution >= 0.6 is 28.1 Å². The second-order valence-electron chi connectivity index (χ2n) is 7.48. The van der Waals surface area contributed by atoms with E-state index in [1.807, 2.05) is 54.7 Å². The minimum absolute atomic E-state index is 0.108. The van der Waals surface area contributed by atoms with Crippen LogP contribution in [0.2, 0.25) is 0 Å². The number of rotatable bonds is 5. The number of benzene rings is 2. The smallest absolute Gasteiger partial charge is 0.174 e. The summed E-state index contributed by atoms with van der Waals surface area (Å²) in [5, 5.41) is 4.17. The molecule has 3 heterocycles. The molecular formula is C25H21BrN4OS. The van der Waals surface area contributed by atoms with Crippen molar-refractivity contribution >= 4 is 38.9 Å². The van der Waals surface area contributed by atoms with Crippen LogP contribution < -0.4 is 15.0 Å². The molecule has 4 aromatic rings. The summed E-state index contributed by atoms with van der Waals surface area (Å²) in [5.74, 6) is 0.786. The van der Waals surface area contributed by atoms with Crippen molar-refractivity contribution in [3.63, 3.8) is 0 Å². The van der Waals surface area contributed by atoms with E-state index in [1.165, 1.54) is 0 Å². The monoisotopic (exact) mass is 504 g/mol. The number of ether oxygens (including phenoxy) is 1. The van der Waals surface area contributed by atoms with Gasteiger partial charge in [0.15, 0.2) is 5.11 Å². The minimum atomic E-state index is -0.112. The molecule has 1 N–H and O–H groups in total. The Morgan fingerprint density at radius 1 is 0.969 bits per heavy atom. The van der Waals surface area contributed by atoms with Gasteiger partial charge in [0.25, 0.3) is 0 Å². The highest BCUT2D eigenvalue weighted by atomic mass is 79.9. The minimum Gasteiger partial charge on any atom is -0.497 e. The van der Waals surface area contributed by atoms with Gasteiger partial charge in [-0.15, -0.1) is 0 Å². The number of methoxy groups -OCH3 is 1. The van der Waals surface area contributed by atoms with E-state index in [-0.39, 0.29) is 12.1 Å². The number of pyridine rings is 1. The van der Waals surface area contributed by atoms with Crippen LogP contribution in [0.15, 0.2) is 95.7 Å². The predicted octanol–water partition coefficient (Wildman–Crippen LogP) is 5.82. The molecule has 1 aliphatic heterocycles. The number of hydrogen-bond acceptors (Lipinski definition) is 3. The summed E-state index contributed by atoms with van der Waals surface area (Å²) in [6.45, 7) is 0. The zero-order chi connectivity index (χ0) is 22.1. The van der Waals surface area contributed by atoms with Gasteiger partial charge in [-0.2, -0.15) is 0 Å². The van der Waals surface area contributed by atoms with E-state index in [9.17, 15) is 0 Å². The second-order valence-corrected chi connectivity index (χ2v) is 8.78. The Kier molecular flexibility index (Phi) is 5.68. The van der Waals surface area contributed by atoms with Crippen LogP contribution in [0.3, 0.4) is 0 Å². The van der Waals surface area contributed by atoms with Crippen molar-refractivity contribution < 1.29 is 4.74 Å². The summed E-state index contributed by atoms with van der Waals surface area (Å²) in [6, 6.07) is 26.2. The molecule has 0 bridgehead atoms. The highest BCUT2D eigenvalue weighted by molar-refractivity contribution is 9.10. The zero-order valence-corrected chi connectivity index (χ0v) is 19.8. The maximum absolute atomic E-state index is 5.84. The van der Waals surface area contributed by atoms with Gasteiger partial charge in [0.05, 0.1) is 18.8 Å². The van der Waals surface area contributed by atoms with Crippen molar-refractivity contribution in [1.82, 2.24) is 14.9 Å². The maximum atomic E-state index is 5.84. The molecule has 32 heavy (non-hydrogen) atoms. The van der Waals surface area contributed by atoms with E-state index < -0.39 is 0 Å². The number of aromatic nitrogens is 2. The average Bonchev–Trinajstić information content (AvgIpc) is 3.44. The molecule has 5 rings (SSSR count). The molecule has 0 aliphatic carbocycles. The van der Waals surface area contributed by atoms with Gasteiger partial charge >= 0.3 is 0 Å². The summed E-state index contributed by atoms with van der Waals surface area (Å²) < 4.78 is 8.73. The third kappa shape index (κ3) is 3.78. The largest absolute Gasteiger partial charge is 0.497 e. The molecule has 1 aliphatic rings. The molecule has 2 atom stereocenters. The molecule has 160 valence electrons. The van der Waals surface area contributed by atoms with Gasteiger partial charge in [0.1, 0.15) is 11.8 Å². The topological polar surface area (TPSA) is 42.3 Å². The molecule has 0 spiro atoms. The van der Waals surface area contributed by atoms with E-state index in [2.05, 4.69) is 72.2 Å². The summed E-state index contributed by atoms with van der Waals surface area (Å²) >= 11 is 9.37. The van der Waals surface area contributed by atoms with Crippen LogP contribution in [-0.2, 0) is 0 Å². The second kappa shape index (κ2) is 8.76. The lowest BCUT2D eigenvalue weighted by atomic mass is 10.0. The van der Waals surface area contributed by atoms with Crippen LogP contribution in [0, 0.1) is 0 Å². The summed E-state index contributed by atoms with van der Waals surface area (Å²) in [5.41, 5.74) is 4.09. The number of thiocarbonyl (C=S) groups is 1. The first-order valence-corrected chi connectivity index (χ1v) is 11.4. The van der Waals surface area contributed by atoms with E-state index >= 15 is 0 Å². The van der Waals surface area contributed by atoms with Crippen LogP contribution in [0.25, 0.3) is 5.69 Å². The molecule has 1 saturated heterocycles. The first kappa shape index (κ1) is 20.7. The highest BCUT2D eigenvalue weighted by Gasteiger charge is 2.42. The van der Waals surface area contributed by atoms with Gasteiger partial charge in [0.2, 0.25) is 0 Å². The predicted molar refractivity (Wildman–Crippen MR) is 134 cm³/mol. The first-order chi connectivity index (χ1) is 15.7. The van der Waals surface area contributed by atoms with Crippen molar-refractivity contribution in [3.8, 4) is 11.4 Å². The number of nitrogens with one attached hydrogen (secondary N) is 1. The van der Waals surface area contributed by atoms with Gasteiger partial charge in [-0.1, -0.05) is 28.1 Å². The molecular weight excluding hydrogens is 484 g/mol. The molecule has 1 fully saturated rings. The third-order valence-electron chi connectivity index (χ3n) is 5.62. The van der Waals surface area contributed by atoms with Crippen LogP contribution in [0.5, 0.6) is 5.75 Å². The quantitative estimate of drug-likeness (QED) is 0.346. The molecule has 7 heteroatoms. The Bertz CT molecular complexity index is 1240. The van der Waals surface area contributed by atoms with Gasteiger partial charge in [0, 0.05) is 40.0 Å². The van der Waals surface area contributed by atoms with E-state index in [0.29, 0.717) is 5.11 Å². The van der Waals surface area contributed by atoms with Crippen LogP contribution in [0.1, 0.15) is 23.5 Å². The summed E-state index contributed by atoms with van der Waals surface area (Å²) in [4.78, 5) is 6.80. The van der Waals surface area contributed by atoms with E-state index in [1.54, 1.807) is 7.11 Å². The fourth-order valence-corrected chi connectivity index (χ4v) is 4.78. The molecule has 0 amide bonds. The van der Waals surface area contributed by atoms with Crippen molar-refractivity contribution in [2.24, 2.45) is 0 Å². The highest BCUT2D eigenvalue weighted by Crippen LogP contribution is 2.42. The summed E-state index contributed by atoms with van der Waals surface area (Å²) in [7, 11) is 1.67. The standard InChI is InChI=1S/C25H21BrN4OS/c1-31-20-7-4-6-19(16-20)30-24(23(28-25(30)32)21-8-2-3-14-27-21)22-9-5-15-29(22)18-12-10-17(26)11-13-18/h2-16,23-24H,1H3,(H,28,32)/t23-,24+/m1/s1. The Hall–Kier alpha value is -3.16. The fourth-order valence-electron chi connectivity index (χ4n) is 4.17. The Morgan fingerprint density at radius 2 is 1.81 bits per heavy atom. The van der Waals surface area contributed by atoms with Gasteiger partial charge in [-0.05, 0) is 72.9 Å². The van der Waals surface area contributed by atoms with E-state index in [0.717, 1.165) is 33.0 Å². The molecule has 0 radical (unpaired) electrons. The summed E-state index contributed by atoms with van der Waals surface area (Å²) in [6.07, 6.45) is 3.90. The molecule has 5 nitrogen and oxygen atoms in total. The SMILES string of the molecule is COc1cccc(N2C(=S)N[C@H](c3ccccn3)[C@@H]2c2cccn2-c2ccc(Br)cc2)c1.